The van der Waals surface area contributed by atoms with Crippen LogP contribution in [0.2, 0.25) is 0 Å². The second-order valence-corrected chi connectivity index (χ2v) is 4.26. The minimum absolute atomic E-state index is 0.629. The van der Waals surface area contributed by atoms with Crippen LogP contribution in [0, 0.1) is 0 Å². The van der Waals surface area contributed by atoms with E-state index in [2.05, 4.69) is 24.3 Å². The van der Waals surface area contributed by atoms with Crippen LogP contribution in [-0.4, -0.2) is 25.9 Å². The molecule has 1 aliphatic rings. The third-order valence-corrected chi connectivity index (χ3v) is 3.19. The van der Waals surface area contributed by atoms with Gasteiger partial charge in [-0.05, 0) is 43.0 Å². The number of rotatable bonds is 2. The molecule has 1 heterocycles. The van der Waals surface area contributed by atoms with Crippen LogP contribution in [0.1, 0.15) is 29.9 Å². The van der Waals surface area contributed by atoms with E-state index in [0.717, 1.165) is 25.9 Å². The van der Waals surface area contributed by atoms with E-state index in [-0.39, 0.29) is 0 Å². The van der Waals surface area contributed by atoms with Crippen molar-refractivity contribution in [2.75, 3.05) is 13.1 Å². The number of piperidine rings is 1. The summed E-state index contributed by atoms with van der Waals surface area (Å²) in [5, 5.41) is 0. The fourth-order valence-electron chi connectivity index (χ4n) is 2.21. The Morgan fingerprint density at radius 3 is 2.73 bits per heavy atom. The minimum atomic E-state index is 0.629. The molecule has 0 saturated carbocycles. The van der Waals surface area contributed by atoms with E-state index in [1.165, 1.54) is 11.1 Å². The highest BCUT2D eigenvalue weighted by atomic mass is 15.0. The van der Waals surface area contributed by atoms with Crippen LogP contribution in [0.4, 0.5) is 0 Å². The van der Waals surface area contributed by atoms with Crippen molar-refractivity contribution in [3.05, 3.63) is 35.4 Å². The first kappa shape index (κ1) is 10.7. The van der Waals surface area contributed by atoms with Crippen LogP contribution in [0.3, 0.4) is 0 Å². The standard InChI is InChI=1S/C12H17BN2/c13-15-6-4-11(5-7-15)12-3-1-2-10(8-12)9-14/h1-3,8,11H,4-7,9,14H2. The zero-order valence-corrected chi connectivity index (χ0v) is 9.02. The summed E-state index contributed by atoms with van der Waals surface area (Å²) in [5.41, 5.74) is 8.29. The molecule has 0 unspecified atom stereocenters. The van der Waals surface area contributed by atoms with Gasteiger partial charge in [0.2, 0.25) is 0 Å². The lowest BCUT2D eigenvalue weighted by Crippen LogP contribution is -2.30. The van der Waals surface area contributed by atoms with Crippen molar-refractivity contribution in [1.82, 2.24) is 4.81 Å². The summed E-state index contributed by atoms with van der Waals surface area (Å²) in [6, 6.07) is 8.63. The Hall–Kier alpha value is -0.795. The monoisotopic (exact) mass is 200 g/mol. The lowest BCUT2D eigenvalue weighted by atomic mass is 9.87. The maximum Gasteiger partial charge on any atom is 0.182 e. The van der Waals surface area contributed by atoms with Crippen LogP contribution in [0.5, 0.6) is 0 Å². The van der Waals surface area contributed by atoms with E-state index < -0.39 is 0 Å². The van der Waals surface area contributed by atoms with Crippen LogP contribution < -0.4 is 5.73 Å². The summed E-state index contributed by atoms with van der Waals surface area (Å²) in [6.45, 7) is 2.62. The Bertz CT molecular complexity index is 319. The van der Waals surface area contributed by atoms with E-state index in [9.17, 15) is 0 Å². The van der Waals surface area contributed by atoms with E-state index in [1.54, 1.807) is 0 Å². The first-order chi connectivity index (χ1) is 7.29. The van der Waals surface area contributed by atoms with Gasteiger partial charge in [0.15, 0.2) is 7.98 Å². The Morgan fingerprint density at radius 1 is 1.33 bits per heavy atom. The lowest BCUT2D eigenvalue weighted by Gasteiger charge is -2.29. The maximum atomic E-state index is 5.74. The summed E-state index contributed by atoms with van der Waals surface area (Å²) in [7, 11) is 5.74. The van der Waals surface area contributed by atoms with Crippen molar-refractivity contribution in [1.29, 1.82) is 0 Å². The molecule has 78 valence electrons. The molecule has 2 nitrogen and oxygen atoms in total. The molecule has 1 fully saturated rings. The van der Waals surface area contributed by atoms with Gasteiger partial charge in [0.1, 0.15) is 0 Å². The largest absolute Gasteiger partial charge is 0.353 e. The molecule has 3 heteroatoms. The second-order valence-electron chi connectivity index (χ2n) is 4.26. The first-order valence-corrected chi connectivity index (χ1v) is 5.58. The Balaban J connectivity index is 2.08. The van der Waals surface area contributed by atoms with Crippen LogP contribution >= 0.6 is 0 Å². The van der Waals surface area contributed by atoms with Crippen molar-refractivity contribution >= 4 is 7.98 Å². The third kappa shape index (κ3) is 2.61. The summed E-state index contributed by atoms with van der Waals surface area (Å²) < 4.78 is 0. The van der Waals surface area contributed by atoms with E-state index in [0.29, 0.717) is 12.5 Å². The number of hydrogen-bond acceptors (Lipinski definition) is 2. The highest BCUT2D eigenvalue weighted by molar-refractivity contribution is 6.04. The molecule has 1 aromatic rings. The van der Waals surface area contributed by atoms with E-state index in [1.807, 2.05) is 4.81 Å². The zero-order chi connectivity index (χ0) is 10.7. The van der Waals surface area contributed by atoms with Gasteiger partial charge in [0.05, 0.1) is 0 Å². The topological polar surface area (TPSA) is 29.3 Å². The average Bonchev–Trinajstić information content (AvgIpc) is 2.30. The summed E-state index contributed by atoms with van der Waals surface area (Å²) in [4.78, 5) is 1.91. The van der Waals surface area contributed by atoms with Crippen molar-refractivity contribution in [3.8, 4) is 0 Å². The average molecular weight is 200 g/mol. The van der Waals surface area contributed by atoms with Crippen LogP contribution in [-0.2, 0) is 6.54 Å². The molecule has 1 aliphatic heterocycles. The predicted octanol–water partition coefficient (Wildman–Crippen LogP) is 1.41. The minimum Gasteiger partial charge on any atom is -0.353 e. The van der Waals surface area contributed by atoms with Crippen LogP contribution in [0.25, 0.3) is 0 Å². The van der Waals surface area contributed by atoms with Gasteiger partial charge < -0.3 is 10.5 Å². The molecule has 0 bridgehead atoms. The van der Waals surface area contributed by atoms with Gasteiger partial charge in [0.25, 0.3) is 0 Å². The molecular formula is C12H17BN2. The fourth-order valence-corrected chi connectivity index (χ4v) is 2.21. The third-order valence-electron chi connectivity index (χ3n) is 3.19. The lowest BCUT2D eigenvalue weighted by molar-refractivity contribution is 0.334. The molecule has 2 radical (unpaired) electrons. The Kier molecular flexibility index (Phi) is 3.44. The number of benzene rings is 1. The molecule has 0 aromatic heterocycles. The molecule has 0 atom stereocenters. The normalized spacial score (nSPS) is 19.3. The smallest absolute Gasteiger partial charge is 0.182 e. The Morgan fingerprint density at radius 2 is 2.07 bits per heavy atom. The summed E-state index contributed by atoms with van der Waals surface area (Å²) >= 11 is 0. The van der Waals surface area contributed by atoms with Gasteiger partial charge >= 0.3 is 0 Å². The van der Waals surface area contributed by atoms with E-state index in [4.69, 9.17) is 13.7 Å². The summed E-state index contributed by atoms with van der Waals surface area (Å²) in [6.07, 6.45) is 2.31. The predicted molar refractivity (Wildman–Crippen MR) is 63.6 cm³/mol. The summed E-state index contributed by atoms with van der Waals surface area (Å²) in [5.74, 6) is 0.663. The van der Waals surface area contributed by atoms with Crippen molar-refractivity contribution < 1.29 is 0 Å². The van der Waals surface area contributed by atoms with Crippen LogP contribution in [0.15, 0.2) is 24.3 Å². The van der Waals surface area contributed by atoms with Gasteiger partial charge in [-0.15, -0.1) is 0 Å². The van der Waals surface area contributed by atoms with Crippen molar-refractivity contribution in [2.24, 2.45) is 5.73 Å². The van der Waals surface area contributed by atoms with E-state index >= 15 is 0 Å². The Labute approximate surface area is 92.9 Å². The highest BCUT2D eigenvalue weighted by Gasteiger charge is 2.17. The number of nitrogens with zero attached hydrogens (tertiary/aromatic N) is 1. The quantitative estimate of drug-likeness (QED) is 0.731. The van der Waals surface area contributed by atoms with Crippen molar-refractivity contribution in [3.63, 3.8) is 0 Å². The van der Waals surface area contributed by atoms with Gasteiger partial charge in [-0.3, -0.25) is 0 Å². The molecule has 2 N–H and O–H groups in total. The fraction of sp³-hybridized carbons (Fsp3) is 0.500. The van der Waals surface area contributed by atoms with Gasteiger partial charge in [-0.2, -0.15) is 0 Å². The molecule has 0 amide bonds. The second kappa shape index (κ2) is 4.82. The molecule has 15 heavy (non-hydrogen) atoms. The molecule has 0 aliphatic carbocycles. The zero-order valence-electron chi connectivity index (χ0n) is 9.02. The van der Waals surface area contributed by atoms with Crippen molar-refractivity contribution in [2.45, 2.75) is 25.3 Å². The van der Waals surface area contributed by atoms with Gasteiger partial charge in [-0.1, -0.05) is 24.3 Å². The molecule has 2 rings (SSSR count). The molecular weight excluding hydrogens is 183 g/mol. The maximum absolute atomic E-state index is 5.74. The number of hydrogen-bond donors (Lipinski definition) is 1. The van der Waals surface area contributed by atoms with Gasteiger partial charge in [0, 0.05) is 6.54 Å². The molecule has 1 saturated heterocycles. The number of nitrogens with two attached hydrogens (primary N) is 1. The SMILES string of the molecule is [B]N1CCC(c2cccc(CN)c2)CC1. The molecule has 1 aromatic carbocycles. The molecule has 0 spiro atoms. The first-order valence-electron chi connectivity index (χ1n) is 5.58. The highest BCUT2D eigenvalue weighted by Crippen LogP contribution is 2.27. The van der Waals surface area contributed by atoms with Gasteiger partial charge in [-0.25, -0.2) is 0 Å².